The highest BCUT2D eigenvalue weighted by molar-refractivity contribution is 5.72. The molecule has 7 nitrogen and oxygen atoms in total. The summed E-state index contributed by atoms with van der Waals surface area (Å²) in [6, 6.07) is 11.0. The van der Waals surface area contributed by atoms with Gasteiger partial charge in [-0.05, 0) is 50.3 Å². The average molecular weight is 507 g/mol. The minimum absolute atomic E-state index is 0.0942. The van der Waals surface area contributed by atoms with E-state index in [0.717, 1.165) is 62.7 Å². The lowest BCUT2D eigenvalue weighted by Crippen LogP contribution is -2.57. The largest absolute Gasteiger partial charge is 0.482 e. The topological polar surface area (TPSA) is 88.1 Å². The molecular weight excluding hydrogens is 472 g/mol. The van der Waals surface area contributed by atoms with E-state index in [9.17, 15) is 14.4 Å². The maximum atomic E-state index is 12.2. The zero-order chi connectivity index (χ0) is 26.2. The van der Waals surface area contributed by atoms with Crippen LogP contribution in [0.2, 0.25) is 0 Å². The fraction of sp³-hybridized carbons (Fsp3) is 0.500. The van der Waals surface area contributed by atoms with E-state index in [4.69, 9.17) is 18.9 Å². The predicted molar refractivity (Wildman–Crippen MR) is 136 cm³/mol. The Labute approximate surface area is 217 Å². The zero-order valence-electron chi connectivity index (χ0n) is 21.8. The maximum absolute atomic E-state index is 12.2. The molecule has 0 N–H and O–H groups in total. The lowest BCUT2D eigenvalue weighted by molar-refractivity contribution is -0.133. The third-order valence-electron chi connectivity index (χ3n) is 8.23. The average Bonchev–Trinajstić information content (AvgIpc) is 2.83. The highest BCUT2D eigenvalue weighted by Gasteiger charge is 2.60. The van der Waals surface area contributed by atoms with Crippen molar-refractivity contribution in [1.82, 2.24) is 0 Å². The number of ether oxygens (including phenoxy) is 4. The molecular formula is C30H34O7. The van der Waals surface area contributed by atoms with Crippen LogP contribution in [0, 0.1) is 5.92 Å². The Bertz CT molecular complexity index is 1230. The van der Waals surface area contributed by atoms with Gasteiger partial charge in [-0.15, -0.1) is 0 Å². The van der Waals surface area contributed by atoms with E-state index in [0.29, 0.717) is 17.2 Å². The Hall–Kier alpha value is -3.35. The number of hydrogen-bond acceptors (Lipinski definition) is 7. The molecule has 5 rings (SSSR count). The quantitative estimate of drug-likeness (QED) is 0.363. The molecule has 2 aliphatic carbocycles. The van der Waals surface area contributed by atoms with Crippen molar-refractivity contribution in [3.63, 3.8) is 0 Å². The van der Waals surface area contributed by atoms with Crippen LogP contribution in [0.25, 0.3) is 0 Å². The van der Waals surface area contributed by atoms with Gasteiger partial charge in [0, 0.05) is 55.4 Å². The van der Waals surface area contributed by atoms with Crippen molar-refractivity contribution in [3.8, 4) is 23.0 Å². The Morgan fingerprint density at radius 2 is 1.32 bits per heavy atom. The van der Waals surface area contributed by atoms with Gasteiger partial charge in [0.15, 0.2) is 0 Å². The molecule has 0 saturated heterocycles. The number of rotatable bonds is 4. The van der Waals surface area contributed by atoms with Crippen molar-refractivity contribution in [2.24, 2.45) is 5.92 Å². The van der Waals surface area contributed by atoms with E-state index in [1.54, 1.807) is 12.1 Å². The van der Waals surface area contributed by atoms with Crippen LogP contribution in [0.3, 0.4) is 0 Å². The summed E-state index contributed by atoms with van der Waals surface area (Å²) in [5.41, 5.74) is 1.13. The number of carbonyl (C=O) groups is 3. The molecule has 0 unspecified atom stereocenters. The molecule has 1 heterocycles. The molecule has 0 aromatic heterocycles. The molecule has 1 spiro atoms. The van der Waals surface area contributed by atoms with Crippen molar-refractivity contribution in [3.05, 3.63) is 47.5 Å². The summed E-state index contributed by atoms with van der Waals surface area (Å²) in [6.45, 7) is 4.09. The molecule has 0 amide bonds. The van der Waals surface area contributed by atoms with E-state index in [-0.39, 0.29) is 17.3 Å². The SMILES string of the molecule is CC(=O)Oc1ccc2c(c1)O[C@]1(c3ccc(OC(C)=O)cc3OC(C)=O)CCCC[C@@H]1C21CCCCC1. The van der Waals surface area contributed by atoms with E-state index in [1.807, 2.05) is 18.2 Å². The molecule has 2 aromatic rings. The first-order chi connectivity index (χ1) is 17.7. The second-order valence-corrected chi connectivity index (χ2v) is 10.6. The second-order valence-electron chi connectivity index (χ2n) is 10.6. The molecule has 1 aliphatic heterocycles. The first-order valence-corrected chi connectivity index (χ1v) is 13.3. The van der Waals surface area contributed by atoms with Crippen LogP contribution in [-0.4, -0.2) is 17.9 Å². The van der Waals surface area contributed by atoms with E-state index in [2.05, 4.69) is 6.07 Å². The van der Waals surface area contributed by atoms with Crippen molar-refractivity contribution < 1.29 is 33.3 Å². The summed E-state index contributed by atoms with van der Waals surface area (Å²) in [4.78, 5) is 35.5. The minimum atomic E-state index is -0.739. The van der Waals surface area contributed by atoms with Crippen molar-refractivity contribution in [2.75, 3.05) is 0 Å². The zero-order valence-corrected chi connectivity index (χ0v) is 21.8. The Morgan fingerprint density at radius 1 is 0.730 bits per heavy atom. The minimum Gasteiger partial charge on any atom is -0.482 e. The monoisotopic (exact) mass is 506 g/mol. The summed E-state index contributed by atoms with van der Waals surface area (Å²) in [7, 11) is 0. The summed E-state index contributed by atoms with van der Waals surface area (Å²) in [6.07, 6.45) is 9.42. The lowest BCUT2D eigenvalue weighted by atomic mass is 9.51. The van der Waals surface area contributed by atoms with E-state index in [1.165, 1.54) is 32.8 Å². The third kappa shape index (κ3) is 4.60. The predicted octanol–water partition coefficient (Wildman–Crippen LogP) is 6.14. The van der Waals surface area contributed by atoms with E-state index >= 15 is 0 Å². The maximum Gasteiger partial charge on any atom is 0.308 e. The van der Waals surface area contributed by atoms with Gasteiger partial charge in [0.05, 0.1) is 0 Å². The molecule has 0 radical (unpaired) electrons. The Morgan fingerprint density at radius 3 is 1.97 bits per heavy atom. The summed E-state index contributed by atoms with van der Waals surface area (Å²) in [5.74, 6) is 0.730. The third-order valence-corrected chi connectivity index (χ3v) is 8.23. The fourth-order valence-electron chi connectivity index (χ4n) is 7.10. The molecule has 0 bridgehead atoms. The molecule has 3 aliphatic rings. The van der Waals surface area contributed by atoms with Crippen molar-refractivity contribution in [2.45, 2.75) is 89.6 Å². The normalized spacial score (nSPS) is 23.7. The highest BCUT2D eigenvalue weighted by Crippen LogP contribution is 2.64. The van der Waals surface area contributed by atoms with Crippen molar-refractivity contribution >= 4 is 17.9 Å². The number of carbonyl (C=O) groups excluding carboxylic acids is 3. The Kier molecular flexibility index (Phi) is 6.73. The summed E-state index contributed by atoms with van der Waals surface area (Å²) < 4.78 is 23.5. The molecule has 7 heteroatoms. The van der Waals surface area contributed by atoms with Crippen LogP contribution in [0.5, 0.6) is 23.0 Å². The van der Waals surface area contributed by atoms with Gasteiger partial charge in [0.1, 0.15) is 28.6 Å². The van der Waals surface area contributed by atoms with Gasteiger partial charge in [0.25, 0.3) is 0 Å². The van der Waals surface area contributed by atoms with Crippen LogP contribution >= 0.6 is 0 Å². The highest BCUT2D eigenvalue weighted by atomic mass is 16.6. The summed E-state index contributed by atoms with van der Waals surface area (Å²) in [5, 5.41) is 0. The van der Waals surface area contributed by atoms with Crippen LogP contribution < -0.4 is 18.9 Å². The van der Waals surface area contributed by atoms with Crippen LogP contribution in [0.1, 0.15) is 89.7 Å². The molecule has 2 saturated carbocycles. The fourth-order valence-corrected chi connectivity index (χ4v) is 7.10. The van der Waals surface area contributed by atoms with Crippen LogP contribution in [-0.2, 0) is 25.4 Å². The molecule has 37 heavy (non-hydrogen) atoms. The first kappa shape index (κ1) is 25.3. The lowest BCUT2D eigenvalue weighted by Gasteiger charge is -2.58. The molecule has 196 valence electrons. The first-order valence-electron chi connectivity index (χ1n) is 13.3. The van der Waals surface area contributed by atoms with E-state index < -0.39 is 17.5 Å². The number of benzene rings is 2. The molecule has 2 atom stereocenters. The standard InChI is InChI=1S/C30H34O7/c1-19(31)34-22-11-13-25(26(17-22)36-21(3)33)30-16-8-5-9-28(30)29(14-6-4-7-15-29)24-12-10-23(35-20(2)32)18-27(24)37-30/h10-13,17-18,28H,4-9,14-16H2,1-3H3/t28-,30+/m1/s1. The van der Waals surface area contributed by atoms with Gasteiger partial charge in [-0.2, -0.15) is 0 Å². The summed E-state index contributed by atoms with van der Waals surface area (Å²) >= 11 is 0. The van der Waals surface area contributed by atoms with Crippen LogP contribution in [0.15, 0.2) is 36.4 Å². The molecule has 2 fully saturated rings. The van der Waals surface area contributed by atoms with Gasteiger partial charge in [-0.3, -0.25) is 14.4 Å². The Balaban J connectivity index is 1.71. The van der Waals surface area contributed by atoms with Crippen molar-refractivity contribution in [1.29, 1.82) is 0 Å². The number of esters is 3. The second kappa shape index (κ2) is 9.84. The van der Waals surface area contributed by atoms with Crippen LogP contribution in [0.4, 0.5) is 0 Å². The van der Waals surface area contributed by atoms with Gasteiger partial charge in [0.2, 0.25) is 0 Å². The number of fused-ring (bicyclic) bond motifs is 4. The van der Waals surface area contributed by atoms with Gasteiger partial charge < -0.3 is 18.9 Å². The van der Waals surface area contributed by atoms with Gasteiger partial charge >= 0.3 is 17.9 Å². The van der Waals surface area contributed by atoms with Gasteiger partial charge in [-0.1, -0.05) is 31.7 Å². The number of hydrogen-bond donors (Lipinski definition) is 0. The van der Waals surface area contributed by atoms with Gasteiger partial charge in [-0.25, -0.2) is 0 Å². The molecule has 2 aromatic carbocycles. The smallest absolute Gasteiger partial charge is 0.308 e.